The van der Waals surface area contributed by atoms with Gasteiger partial charge in [-0.3, -0.25) is 9.69 Å². The number of thiocarbonyl (C=S) groups is 1. The quantitative estimate of drug-likeness (QED) is 0.176. The van der Waals surface area contributed by atoms with Crippen molar-refractivity contribution in [3.05, 3.63) is 70.2 Å². The summed E-state index contributed by atoms with van der Waals surface area (Å²) >= 11 is 13.3. The minimum absolute atomic E-state index is 0.0470. The largest absolute Gasteiger partial charge is 0.492 e. The molecule has 1 amide bonds. The number of amides is 1. The Morgan fingerprint density at radius 3 is 2.65 bits per heavy atom. The predicted molar refractivity (Wildman–Crippen MR) is 145 cm³/mol. The lowest BCUT2D eigenvalue weighted by molar-refractivity contribution is -0.122. The maximum atomic E-state index is 13.1. The third kappa shape index (κ3) is 5.37. The molecule has 0 spiro atoms. The van der Waals surface area contributed by atoms with E-state index < -0.39 is 0 Å². The molecule has 0 N–H and O–H groups in total. The summed E-state index contributed by atoms with van der Waals surface area (Å²) in [4.78, 5) is 15.4. The number of ether oxygens (including phenoxy) is 1. The van der Waals surface area contributed by atoms with E-state index in [2.05, 4.69) is 6.92 Å². The van der Waals surface area contributed by atoms with Gasteiger partial charge in [-0.25, -0.2) is 4.68 Å². The van der Waals surface area contributed by atoms with Gasteiger partial charge in [-0.15, -0.1) is 0 Å². The zero-order chi connectivity index (χ0) is 24.1. The summed E-state index contributed by atoms with van der Waals surface area (Å²) in [5.41, 5.74) is 3.31. The molecule has 0 atom stereocenters. The maximum Gasteiger partial charge on any atom is 0.266 e. The van der Waals surface area contributed by atoms with Crippen LogP contribution < -0.4 is 4.74 Å². The fourth-order valence-corrected chi connectivity index (χ4v) is 5.24. The molecule has 1 fully saturated rings. The van der Waals surface area contributed by atoms with E-state index in [0.717, 1.165) is 41.8 Å². The van der Waals surface area contributed by atoms with Crippen molar-refractivity contribution in [2.24, 2.45) is 0 Å². The predicted octanol–water partition coefficient (Wildman–Crippen LogP) is 6.98. The number of carbonyl (C=O) groups excluding carboxylic acids is 1. The number of unbranched alkanes of at least 4 members (excludes halogenated alkanes) is 2. The minimum Gasteiger partial charge on any atom is -0.492 e. The van der Waals surface area contributed by atoms with Gasteiger partial charge in [-0.2, -0.15) is 5.10 Å². The highest BCUT2D eigenvalue weighted by Gasteiger charge is 2.32. The van der Waals surface area contributed by atoms with Crippen molar-refractivity contribution >= 4 is 51.9 Å². The molecule has 34 heavy (non-hydrogen) atoms. The molecule has 1 saturated heterocycles. The van der Waals surface area contributed by atoms with Gasteiger partial charge in [0.2, 0.25) is 0 Å². The van der Waals surface area contributed by atoms with E-state index in [1.807, 2.05) is 72.4 Å². The van der Waals surface area contributed by atoms with E-state index in [1.165, 1.54) is 11.8 Å². The normalized spacial score (nSPS) is 14.9. The first-order valence-corrected chi connectivity index (χ1v) is 12.9. The van der Waals surface area contributed by atoms with Gasteiger partial charge >= 0.3 is 0 Å². The fourth-order valence-electron chi connectivity index (χ4n) is 3.70. The number of hydrogen-bond donors (Lipinski definition) is 0. The van der Waals surface area contributed by atoms with Crippen LogP contribution in [0.2, 0.25) is 5.02 Å². The number of carbonyl (C=O) groups is 1. The Kier molecular flexibility index (Phi) is 8.08. The number of halogens is 1. The number of hydrogen-bond acceptors (Lipinski definition) is 5. The van der Waals surface area contributed by atoms with Gasteiger partial charge < -0.3 is 4.74 Å². The number of nitrogens with zero attached hydrogens (tertiary/aromatic N) is 3. The van der Waals surface area contributed by atoms with E-state index >= 15 is 0 Å². The van der Waals surface area contributed by atoms with Crippen LogP contribution >= 0.6 is 35.6 Å². The van der Waals surface area contributed by atoms with Crippen molar-refractivity contribution < 1.29 is 9.53 Å². The van der Waals surface area contributed by atoms with Crippen molar-refractivity contribution in [3.8, 4) is 22.7 Å². The number of thioether (sulfide) groups is 1. The lowest BCUT2D eigenvalue weighted by atomic mass is 10.1. The summed E-state index contributed by atoms with van der Waals surface area (Å²) in [6, 6.07) is 15.5. The Morgan fingerprint density at radius 1 is 1.15 bits per heavy atom. The molecule has 5 nitrogen and oxygen atoms in total. The zero-order valence-corrected chi connectivity index (χ0v) is 21.6. The molecular weight excluding hydrogens is 486 g/mol. The van der Waals surface area contributed by atoms with Gasteiger partial charge in [-0.1, -0.05) is 73.5 Å². The van der Waals surface area contributed by atoms with Crippen LogP contribution in [0.25, 0.3) is 23.0 Å². The number of para-hydroxylation sites is 1. The highest BCUT2D eigenvalue weighted by atomic mass is 35.5. The number of benzene rings is 2. The lowest BCUT2D eigenvalue weighted by Crippen LogP contribution is -2.28. The topological polar surface area (TPSA) is 47.4 Å². The Morgan fingerprint density at radius 2 is 1.94 bits per heavy atom. The zero-order valence-electron chi connectivity index (χ0n) is 19.2. The van der Waals surface area contributed by atoms with Gasteiger partial charge in [0.15, 0.2) is 0 Å². The SMILES string of the molecule is CCCCCN1C(=O)/C(=C/c2cn(-c3ccccc3)nc2-c2ccc(OCC)c(Cl)c2)SC1=S. The van der Waals surface area contributed by atoms with Crippen LogP contribution in [0.5, 0.6) is 5.75 Å². The van der Waals surface area contributed by atoms with Crippen LogP contribution in [0, 0.1) is 0 Å². The van der Waals surface area contributed by atoms with E-state index in [-0.39, 0.29) is 5.91 Å². The van der Waals surface area contributed by atoms with Crippen molar-refractivity contribution in [1.29, 1.82) is 0 Å². The van der Waals surface area contributed by atoms with Gasteiger partial charge in [0.25, 0.3) is 5.91 Å². The van der Waals surface area contributed by atoms with E-state index in [9.17, 15) is 4.79 Å². The summed E-state index contributed by atoms with van der Waals surface area (Å²) in [6.45, 7) is 5.25. The number of aromatic nitrogens is 2. The minimum atomic E-state index is -0.0470. The lowest BCUT2D eigenvalue weighted by Gasteiger charge is -2.13. The molecule has 1 aliphatic heterocycles. The summed E-state index contributed by atoms with van der Waals surface area (Å²) < 4.78 is 8.00. The first-order chi connectivity index (χ1) is 16.5. The van der Waals surface area contributed by atoms with Crippen LogP contribution in [0.4, 0.5) is 0 Å². The van der Waals surface area contributed by atoms with Crippen molar-refractivity contribution in [3.63, 3.8) is 0 Å². The smallest absolute Gasteiger partial charge is 0.266 e. The van der Waals surface area contributed by atoms with Crippen molar-refractivity contribution in [1.82, 2.24) is 14.7 Å². The van der Waals surface area contributed by atoms with E-state index in [1.54, 1.807) is 4.90 Å². The van der Waals surface area contributed by atoms with Crippen LogP contribution in [-0.4, -0.2) is 38.1 Å². The molecule has 2 aromatic carbocycles. The van der Waals surface area contributed by atoms with Gasteiger partial charge in [0, 0.05) is 23.9 Å². The molecule has 0 bridgehead atoms. The second kappa shape index (κ2) is 11.2. The summed E-state index contributed by atoms with van der Waals surface area (Å²) in [5, 5.41) is 5.35. The monoisotopic (exact) mass is 511 g/mol. The molecule has 0 saturated carbocycles. The first-order valence-electron chi connectivity index (χ1n) is 11.3. The van der Waals surface area contributed by atoms with E-state index in [4.69, 9.17) is 33.7 Å². The Labute approximate surface area is 214 Å². The fraction of sp³-hybridized carbons (Fsp3) is 0.269. The summed E-state index contributed by atoms with van der Waals surface area (Å²) in [7, 11) is 0. The third-order valence-electron chi connectivity index (χ3n) is 5.41. The molecular formula is C26H26ClN3O2S2. The molecule has 4 rings (SSSR count). The molecule has 0 aliphatic carbocycles. The highest BCUT2D eigenvalue weighted by Crippen LogP contribution is 2.36. The molecule has 0 unspecified atom stereocenters. The standard InChI is InChI=1S/C26H26ClN3O2S2/c1-3-5-9-14-29-25(31)23(34-26(29)33)16-19-17-30(20-10-7-6-8-11-20)28-24(19)18-12-13-22(32-4-2)21(27)15-18/h6-8,10-13,15-17H,3-5,9,14H2,1-2H3/b23-16-. The van der Waals surface area contributed by atoms with Crippen LogP contribution in [-0.2, 0) is 4.79 Å². The first kappa shape index (κ1) is 24.5. The molecule has 2 heterocycles. The highest BCUT2D eigenvalue weighted by molar-refractivity contribution is 8.26. The molecule has 1 aromatic heterocycles. The van der Waals surface area contributed by atoms with Crippen LogP contribution in [0.3, 0.4) is 0 Å². The van der Waals surface area contributed by atoms with Crippen LogP contribution in [0.1, 0.15) is 38.7 Å². The van der Waals surface area contributed by atoms with Gasteiger partial charge in [0.1, 0.15) is 15.8 Å². The summed E-state index contributed by atoms with van der Waals surface area (Å²) in [6.07, 6.45) is 6.92. The second-order valence-corrected chi connectivity index (χ2v) is 9.91. The summed E-state index contributed by atoms with van der Waals surface area (Å²) in [5.74, 6) is 0.583. The average Bonchev–Trinajstić information content (AvgIpc) is 3.37. The molecule has 3 aromatic rings. The molecule has 1 aliphatic rings. The Balaban J connectivity index is 1.73. The molecule has 8 heteroatoms. The van der Waals surface area contributed by atoms with Gasteiger partial charge in [0.05, 0.1) is 22.2 Å². The molecule has 0 radical (unpaired) electrons. The second-order valence-electron chi connectivity index (χ2n) is 7.83. The number of rotatable bonds is 9. The van der Waals surface area contributed by atoms with Crippen LogP contribution in [0.15, 0.2) is 59.6 Å². The Bertz CT molecular complexity index is 1220. The maximum absolute atomic E-state index is 13.1. The van der Waals surface area contributed by atoms with Crippen molar-refractivity contribution in [2.75, 3.05) is 13.2 Å². The third-order valence-corrected chi connectivity index (χ3v) is 7.09. The van der Waals surface area contributed by atoms with E-state index in [0.29, 0.717) is 33.1 Å². The Hall–Kier alpha value is -2.61. The average molecular weight is 512 g/mol. The molecule has 176 valence electrons. The van der Waals surface area contributed by atoms with Gasteiger partial charge in [-0.05, 0) is 49.8 Å². The van der Waals surface area contributed by atoms with Crippen molar-refractivity contribution in [2.45, 2.75) is 33.1 Å².